The summed E-state index contributed by atoms with van der Waals surface area (Å²) in [6.45, 7) is 2.18. The Bertz CT molecular complexity index is 1010. The van der Waals surface area contributed by atoms with Crippen molar-refractivity contribution >= 4 is 11.8 Å². The molecule has 0 aliphatic carbocycles. The largest absolute Gasteiger partial charge is 0.274 e. The zero-order chi connectivity index (χ0) is 19.2. The molecule has 4 aromatic rings. The maximum Gasteiger partial charge on any atom is 0.196 e. The van der Waals surface area contributed by atoms with E-state index < -0.39 is 0 Å². The lowest BCUT2D eigenvalue weighted by molar-refractivity contribution is 0.846. The molecule has 1 heterocycles. The first-order valence-electron chi connectivity index (χ1n) is 9.57. The molecule has 1 aromatic heterocycles. The van der Waals surface area contributed by atoms with E-state index in [4.69, 9.17) is 0 Å². The molecular weight excluding hydrogens is 362 g/mol. The Morgan fingerprint density at radius 3 is 2.00 bits per heavy atom. The Balaban J connectivity index is 1.66. The van der Waals surface area contributed by atoms with Gasteiger partial charge in [0.1, 0.15) is 5.82 Å². The molecule has 0 unspecified atom stereocenters. The molecule has 28 heavy (non-hydrogen) atoms. The van der Waals surface area contributed by atoms with Gasteiger partial charge in [-0.15, -0.1) is 10.2 Å². The second-order valence-electron chi connectivity index (χ2n) is 6.69. The van der Waals surface area contributed by atoms with Gasteiger partial charge >= 0.3 is 0 Å². The minimum absolute atomic E-state index is 0.759. The first kappa shape index (κ1) is 18.5. The third-order valence-corrected chi connectivity index (χ3v) is 5.72. The molecule has 0 bridgehead atoms. The number of nitrogens with zero attached hydrogens (tertiary/aromatic N) is 3. The maximum atomic E-state index is 4.53. The third-order valence-electron chi connectivity index (χ3n) is 4.72. The van der Waals surface area contributed by atoms with Crippen LogP contribution in [0.4, 0.5) is 0 Å². The quantitative estimate of drug-likeness (QED) is 0.382. The first-order chi connectivity index (χ1) is 13.8. The van der Waals surface area contributed by atoms with Crippen molar-refractivity contribution in [2.75, 3.05) is 0 Å². The normalized spacial score (nSPS) is 10.9. The van der Waals surface area contributed by atoms with E-state index in [1.54, 1.807) is 11.8 Å². The van der Waals surface area contributed by atoms with Crippen LogP contribution in [0.5, 0.6) is 0 Å². The molecule has 0 saturated carbocycles. The summed E-state index contributed by atoms with van der Waals surface area (Å²) >= 11 is 1.73. The van der Waals surface area contributed by atoms with Crippen molar-refractivity contribution in [3.8, 4) is 5.69 Å². The third kappa shape index (κ3) is 4.34. The van der Waals surface area contributed by atoms with Crippen molar-refractivity contribution in [3.63, 3.8) is 0 Å². The van der Waals surface area contributed by atoms with E-state index >= 15 is 0 Å². The van der Waals surface area contributed by atoms with E-state index in [2.05, 4.69) is 94.5 Å². The fourth-order valence-corrected chi connectivity index (χ4v) is 4.08. The van der Waals surface area contributed by atoms with Gasteiger partial charge in [-0.25, -0.2) is 0 Å². The topological polar surface area (TPSA) is 30.7 Å². The summed E-state index contributed by atoms with van der Waals surface area (Å²) in [6.07, 6.45) is 1.80. The maximum absolute atomic E-state index is 4.53. The van der Waals surface area contributed by atoms with Gasteiger partial charge in [-0.3, -0.25) is 4.57 Å². The second-order valence-corrected chi connectivity index (χ2v) is 7.63. The highest BCUT2D eigenvalue weighted by molar-refractivity contribution is 7.98. The van der Waals surface area contributed by atoms with Crippen LogP contribution in [0.1, 0.15) is 29.4 Å². The Labute approximate surface area is 170 Å². The van der Waals surface area contributed by atoms with Crippen LogP contribution in [0, 0.1) is 0 Å². The summed E-state index contributed by atoms with van der Waals surface area (Å²) in [4.78, 5) is 0. The Morgan fingerprint density at radius 1 is 0.714 bits per heavy atom. The van der Waals surface area contributed by atoms with Crippen molar-refractivity contribution < 1.29 is 0 Å². The van der Waals surface area contributed by atoms with Gasteiger partial charge in [0.05, 0.1) is 0 Å². The first-order valence-corrected chi connectivity index (χ1v) is 10.6. The smallest absolute Gasteiger partial charge is 0.196 e. The van der Waals surface area contributed by atoms with Crippen LogP contribution < -0.4 is 0 Å². The van der Waals surface area contributed by atoms with Crippen LogP contribution in [-0.4, -0.2) is 14.8 Å². The van der Waals surface area contributed by atoms with Gasteiger partial charge in [0, 0.05) is 17.9 Å². The molecule has 3 aromatic carbocycles. The molecule has 4 heteroatoms. The molecule has 0 aliphatic rings. The summed E-state index contributed by atoms with van der Waals surface area (Å²) in [6, 6.07) is 29.6. The summed E-state index contributed by atoms with van der Waals surface area (Å²) in [5, 5.41) is 9.99. The van der Waals surface area contributed by atoms with Crippen LogP contribution in [0.2, 0.25) is 0 Å². The van der Waals surface area contributed by atoms with Gasteiger partial charge in [0.2, 0.25) is 0 Å². The Hall–Kier alpha value is -2.85. The summed E-state index contributed by atoms with van der Waals surface area (Å²) in [5.41, 5.74) is 4.97. The number of hydrogen-bond donors (Lipinski definition) is 0. The van der Waals surface area contributed by atoms with Crippen molar-refractivity contribution in [1.82, 2.24) is 14.8 Å². The summed E-state index contributed by atoms with van der Waals surface area (Å²) in [5.74, 6) is 1.84. The van der Waals surface area contributed by atoms with Crippen LogP contribution in [0.15, 0.2) is 90.1 Å². The number of benzene rings is 3. The van der Waals surface area contributed by atoms with Crippen LogP contribution >= 0.6 is 11.8 Å². The number of aryl methyl sites for hydroxylation is 1. The van der Waals surface area contributed by atoms with Gasteiger partial charge in [-0.2, -0.15) is 0 Å². The molecule has 4 rings (SSSR count). The highest BCUT2D eigenvalue weighted by atomic mass is 32.2. The summed E-state index contributed by atoms with van der Waals surface area (Å²) < 4.78 is 2.19. The predicted octanol–water partition coefficient (Wildman–Crippen LogP) is 5.71. The average molecular weight is 386 g/mol. The predicted molar refractivity (Wildman–Crippen MR) is 116 cm³/mol. The van der Waals surface area contributed by atoms with E-state index in [-0.39, 0.29) is 0 Å². The van der Waals surface area contributed by atoms with Gasteiger partial charge < -0.3 is 0 Å². The van der Waals surface area contributed by atoms with E-state index in [1.807, 2.05) is 12.1 Å². The molecule has 0 fully saturated rings. The molecule has 140 valence electrons. The molecule has 0 saturated heterocycles. The minimum Gasteiger partial charge on any atom is -0.274 e. The van der Waals surface area contributed by atoms with Gasteiger partial charge in [0.15, 0.2) is 5.16 Å². The lowest BCUT2D eigenvalue weighted by atomic mass is 10.1. The number of thioether (sulfide) groups is 1. The molecule has 0 radical (unpaired) electrons. The second kappa shape index (κ2) is 8.89. The van der Waals surface area contributed by atoms with Crippen LogP contribution in [0.25, 0.3) is 5.69 Å². The summed E-state index contributed by atoms with van der Waals surface area (Å²) in [7, 11) is 0. The lowest BCUT2D eigenvalue weighted by Crippen LogP contribution is -2.04. The highest BCUT2D eigenvalue weighted by Gasteiger charge is 2.15. The van der Waals surface area contributed by atoms with Crippen molar-refractivity contribution in [2.24, 2.45) is 0 Å². The molecule has 0 atom stereocenters. The standard InChI is InChI=1S/C24H23N3S/c1-2-19-13-15-22(16-14-19)27-23(17-20-9-5-3-6-10-20)25-26-24(27)28-18-21-11-7-4-8-12-21/h3-16H,2,17-18H2,1H3. The molecule has 3 nitrogen and oxygen atoms in total. The fourth-order valence-electron chi connectivity index (χ4n) is 3.15. The molecule has 0 aliphatic heterocycles. The number of hydrogen-bond acceptors (Lipinski definition) is 3. The molecule has 0 N–H and O–H groups in total. The number of aromatic nitrogens is 3. The molecular formula is C24H23N3S. The van der Waals surface area contributed by atoms with E-state index in [9.17, 15) is 0 Å². The van der Waals surface area contributed by atoms with E-state index in [0.29, 0.717) is 0 Å². The van der Waals surface area contributed by atoms with Crippen molar-refractivity contribution in [1.29, 1.82) is 0 Å². The Morgan fingerprint density at radius 2 is 1.36 bits per heavy atom. The minimum atomic E-state index is 0.759. The zero-order valence-corrected chi connectivity index (χ0v) is 16.8. The van der Waals surface area contributed by atoms with Crippen molar-refractivity contribution in [3.05, 3.63) is 107 Å². The van der Waals surface area contributed by atoms with Gasteiger partial charge in [-0.1, -0.05) is 91.5 Å². The average Bonchev–Trinajstić information content (AvgIpc) is 3.16. The van der Waals surface area contributed by atoms with Crippen molar-refractivity contribution in [2.45, 2.75) is 30.7 Å². The highest BCUT2D eigenvalue weighted by Crippen LogP contribution is 2.26. The number of rotatable bonds is 7. The van der Waals surface area contributed by atoms with E-state index in [1.165, 1.54) is 16.7 Å². The lowest BCUT2D eigenvalue weighted by Gasteiger charge is -2.11. The van der Waals surface area contributed by atoms with Gasteiger partial charge in [0.25, 0.3) is 0 Å². The Kier molecular flexibility index (Phi) is 5.88. The zero-order valence-electron chi connectivity index (χ0n) is 16.0. The fraction of sp³-hybridized carbons (Fsp3) is 0.167. The van der Waals surface area contributed by atoms with Crippen LogP contribution in [0.3, 0.4) is 0 Å². The SMILES string of the molecule is CCc1ccc(-n2c(Cc3ccccc3)nnc2SCc2ccccc2)cc1. The van der Waals surface area contributed by atoms with E-state index in [0.717, 1.165) is 35.3 Å². The monoisotopic (exact) mass is 385 g/mol. The molecule has 0 spiro atoms. The van der Waals surface area contributed by atoms with Gasteiger partial charge in [-0.05, 0) is 35.2 Å². The van der Waals surface area contributed by atoms with Crippen LogP contribution in [-0.2, 0) is 18.6 Å². The molecule has 0 amide bonds.